The molecule has 4 nitrogen and oxygen atoms in total. The van der Waals surface area contributed by atoms with Crippen molar-refractivity contribution in [2.75, 3.05) is 13.1 Å². The maximum Gasteiger partial charge on any atom is 0.218 e. The van der Waals surface area contributed by atoms with Crippen molar-refractivity contribution in [2.24, 2.45) is 11.7 Å². The van der Waals surface area contributed by atoms with Crippen LogP contribution >= 0.6 is 0 Å². The standard InChI is InChI=1S/C12H24N2O2/c1-2-10-3-6-12(16,7-4-10)9-14-8-5-11(13)15/h10,14,16H,2-9H2,1H3,(H2,13,15). The average molecular weight is 228 g/mol. The van der Waals surface area contributed by atoms with Gasteiger partial charge < -0.3 is 16.2 Å². The number of primary amides is 1. The average Bonchev–Trinajstić information content (AvgIpc) is 2.26. The molecule has 4 heteroatoms. The van der Waals surface area contributed by atoms with E-state index < -0.39 is 5.60 Å². The van der Waals surface area contributed by atoms with Crippen molar-refractivity contribution in [1.29, 1.82) is 0 Å². The third-order valence-electron chi connectivity index (χ3n) is 3.62. The second-order valence-corrected chi connectivity index (χ2v) is 4.97. The highest BCUT2D eigenvalue weighted by molar-refractivity contribution is 5.73. The number of hydrogen-bond donors (Lipinski definition) is 3. The Labute approximate surface area is 97.6 Å². The maximum atomic E-state index is 10.5. The van der Waals surface area contributed by atoms with Crippen molar-refractivity contribution < 1.29 is 9.90 Å². The predicted octanol–water partition coefficient (Wildman–Crippen LogP) is 0.783. The molecule has 0 atom stereocenters. The van der Waals surface area contributed by atoms with Crippen LogP contribution in [-0.4, -0.2) is 29.7 Å². The lowest BCUT2D eigenvalue weighted by Crippen LogP contribution is -2.44. The third kappa shape index (κ3) is 4.49. The van der Waals surface area contributed by atoms with Gasteiger partial charge in [0.15, 0.2) is 0 Å². The Hall–Kier alpha value is -0.610. The molecule has 0 saturated heterocycles. The number of nitrogens with one attached hydrogen (secondary N) is 1. The van der Waals surface area contributed by atoms with Gasteiger partial charge in [0.1, 0.15) is 0 Å². The van der Waals surface area contributed by atoms with Crippen molar-refractivity contribution in [3.63, 3.8) is 0 Å². The number of nitrogens with two attached hydrogens (primary N) is 1. The van der Waals surface area contributed by atoms with E-state index in [2.05, 4.69) is 12.2 Å². The molecule has 1 amide bonds. The minimum absolute atomic E-state index is 0.297. The number of hydrogen-bond acceptors (Lipinski definition) is 3. The number of amides is 1. The van der Waals surface area contributed by atoms with Gasteiger partial charge in [0.2, 0.25) is 5.91 Å². The first-order chi connectivity index (χ1) is 7.56. The minimum Gasteiger partial charge on any atom is -0.389 e. The summed E-state index contributed by atoms with van der Waals surface area (Å²) < 4.78 is 0. The number of carbonyl (C=O) groups is 1. The molecular weight excluding hydrogens is 204 g/mol. The van der Waals surface area contributed by atoms with E-state index in [1.165, 1.54) is 6.42 Å². The highest BCUT2D eigenvalue weighted by atomic mass is 16.3. The number of aliphatic hydroxyl groups is 1. The van der Waals surface area contributed by atoms with E-state index in [1.807, 2.05) is 0 Å². The van der Waals surface area contributed by atoms with Crippen molar-refractivity contribution >= 4 is 5.91 Å². The Morgan fingerprint density at radius 1 is 1.50 bits per heavy atom. The van der Waals surface area contributed by atoms with E-state index in [0.29, 0.717) is 19.5 Å². The molecule has 0 aliphatic heterocycles. The summed E-state index contributed by atoms with van der Waals surface area (Å²) in [5.41, 5.74) is 4.47. The molecule has 0 spiro atoms. The highest BCUT2D eigenvalue weighted by Crippen LogP contribution is 2.33. The largest absolute Gasteiger partial charge is 0.389 e. The molecule has 1 aliphatic rings. The smallest absolute Gasteiger partial charge is 0.218 e. The van der Waals surface area contributed by atoms with E-state index >= 15 is 0 Å². The summed E-state index contributed by atoms with van der Waals surface area (Å²) in [4.78, 5) is 10.5. The van der Waals surface area contributed by atoms with E-state index in [1.54, 1.807) is 0 Å². The fraction of sp³-hybridized carbons (Fsp3) is 0.917. The van der Waals surface area contributed by atoms with Crippen LogP contribution < -0.4 is 11.1 Å². The van der Waals surface area contributed by atoms with Gasteiger partial charge in [0.25, 0.3) is 0 Å². The van der Waals surface area contributed by atoms with Crippen LogP contribution in [0.15, 0.2) is 0 Å². The molecule has 0 bridgehead atoms. The summed E-state index contributed by atoms with van der Waals surface area (Å²) in [6.45, 7) is 3.35. The van der Waals surface area contributed by atoms with Gasteiger partial charge in [-0.15, -0.1) is 0 Å². The third-order valence-corrected chi connectivity index (χ3v) is 3.62. The van der Waals surface area contributed by atoms with E-state index in [4.69, 9.17) is 5.73 Å². The Morgan fingerprint density at radius 2 is 2.12 bits per heavy atom. The molecule has 94 valence electrons. The van der Waals surface area contributed by atoms with Crippen LogP contribution in [0.3, 0.4) is 0 Å². The predicted molar refractivity (Wildman–Crippen MR) is 63.9 cm³/mol. The lowest BCUT2D eigenvalue weighted by Gasteiger charge is -2.36. The van der Waals surface area contributed by atoms with Gasteiger partial charge in [0, 0.05) is 19.5 Å². The molecule has 1 rings (SSSR count). The molecule has 0 heterocycles. The molecule has 0 aromatic heterocycles. The summed E-state index contributed by atoms with van der Waals surface area (Å²) in [6, 6.07) is 0. The normalized spacial score (nSPS) is 30.2. The van der Waals surface area contributed by atoms with Gasteiger partial charge in [-0.05, 0) is 31.6 Å². The zero-order valence-electron chi connectivity index (χ0n) is 10.2. The van der Waals surface area contributed by atoms with Gasteiger partial charge in [0.05, 0.1) is 5.60 Å². The van der Waals surface area contributed by atoms with Gasteiger partial charge in [-0.25, -0.2) is 0 Å². The second kappa shape index (κ2) is 6.21. The lowest BCUT2D eigenvalue weighted by atomic mass is 9.78. The highest BCUT2D eigenvalue weighted by Gasteiger charge is 2.31. The van der Waals surface area contributed by atoms with Crippen molar-refractivity contribution in [3.8, 4) is 0 Å². The fourth-order valence-electron chi connectivity index (χ4n) is 2.33. The van der Waals surface area contributed by atoms with Crippen LogP contribution in [0.1, 0.15) is 45.4 Å². The van der Waals surface area contributed by atoms with Crippen LogP contribution in [0.2, 0.25) is 0 Å². The minimum atomic E-state index is -0.566. The molecule has 1 aliphatic carbocycles. The monoisotopic (exact) mass is 228 g/mol. The van der Waals surface area contributed by atoms with Crippen LogP contribution in [0.4, 0.5) is 0 Å². The Bertz CT molecular complexity index is 223. The van der Waals surface area contributed by atoms with Crippen molar-refractivity contribution in [2.45, 2.75) is 51.0 Å². The Balaban J connectivity index is 2.18. The number of rotatable bonds is 6. The quantitative estimate of drug-likeness (QED) is 0.588. The lowest BCUT2D eigenvalue weighted by molar-refractivity contribution is -0.118. The molecule has 0 radical (unpaired) electrons. The first-order valence-electron chi connectivity index (χ1n) is 6.27. The summed E-state index contributed by atoms with van der Waals surface area (Å²) in [5, 5.41) is 13.4. The summed E-state index contributed by atoms with van der Waals surface area (Å²) >= 11 is 0. The van der Waals surface area contributed by atoms with Gasteiger partial charge in [-0.1, -0.05) is 13.3 Å². The molecule has 0 aromatic carbocycles. The maximum absolute atomic E-state index is 10.5. The molecular formula is C12H24N2O2. The van der Waals surface area contributed by atoms with E-state index in [-0.39, 0.29) is 5.91 Å². The zero-order chi connectivity index (χ0) is 12.0. The molecule has 1 saturated carbocycles. The summed E-state index contributed by atoms with van der Waals surface area (Å²) in [5.74, 6) is 0.486. The van der Waals surface area contributed by atoms with Gasteiger partial charge >= 0.3 is 0 Å². The molecule has 0 aromatic rings. The Morgan fingerprint density at radius 3 is 2.62 bits per heavy atom. The van der Waals surface area contributed by atoms with Gasteiger partial charge in [-0.3, -0.25) is 4.79 Å². The van der Waals surface area contributed by atoms with Crippen LogP contribution in [0.25, 0.3) is 0 Å². The molecule has 1 fully saturated rings. The van der Waals surface area contributed by atoms with Crippen molar-refractivity contribution in [3.05, 3.63) is 0 Å². The molecule has 16 heavy (non-hydrogen) atoms. The van der Waals surface area contributed by atoms with Crippen LogP contribution in [-0.2, 0) is 4.79 Å². The molecule has 4 N–H and O–H groups in total. The SMILES string of the molecule is CCC1CCC(O)(CNCCC(N)=O)CC1. The Kier molecular flexibility index (Phi) is 5.22. The van der Waals surface area contributed by atoms with E-state index in [9.17, 15) is 9.90 Å². The first-order valence-corrected chi connectivity index (χ1v) is 6.27. The topological polar surface area (TPSA) is 75.3 Å². The zero-order valence-corrected chi connectivity index (χ0v) is 10.2. The van der Waals surface area contributed by atoms with Crippen LogP contribution in [0, 0.1) is 5.92 Å². The summed E-state index contributed by atoms with van der Waals surface area (Å²) in [6.07, 6.45) is 5.53. The number of carbonyl (C=O) groups excluding carboxylic acids is 1. The van der Waals surface area contributed by atoms with E-state index in [0.717, 1.165) is 31.6 Å². The first kappa shape index (κ1) is 13.5. The fourth-order valence-corrected chi connectivity index (χ4v) is 2.33. The second-order valence-electron chi connectivity index (χ2n) is 4.97. The van der Waals surface area contributed by atoms with Gasteiger partial charge in [-0.2, -0.15) is 0 Å². The van der Waals surface area contributed by atoms with Crippen molar-refractivity contribution in [1.82, 2.24) is 5.32 Å². The summed E-state index contributed by atoms with van der Waals surface area (Å²) in [7, 11) is 0. The molecule has 0 unspecified atom stereocenters. The van der Waals surface area contributed by atoms with Crippen LogP contribution in [0.5, 0.6) is 0 Å².